The van der Waals surface area contributed by atoms with Crippen LogP contribution in [0.2, 0.25) is 0 Å². The molecule has 11 heavy (non-hydrogen) atoms. The molecule has 1 aromatic carbocycles. The molecule has 1 rings (SSSR count). The molecule has 0 aliphatic carbocycles. The van der Waals surface area contributed by atoms with E-state index in [9.17, 15) is 0 Å². The van der Waals surface area contributed by atoms with E-state index in [1.807, 2.05) is 18.2 Å². The van der Waals surface area contributed by atoms with Crippen molar-refractivity contribution < 1.29 is 10.8 Å². The minimum Gasteiger partial charge on any atom is -0.400 e. The molecular formula is C8H13BrNO+. The fourth-order valence-electron chi connectivity index (χ4n) is 0.707. The lowest BCUT2D eigenvalue weighted by Crippen LogP contribution is -2.40. The second-order valence-electron chi connectivity index (χ2n) is 2.08. The van der Waals surface area contributed by atoms with Gasteiger partial charge in [-0.05, 0) is 18.6 Å². The minimum absolute atomic E-state index is 1.00. The summed E-state index contributed by atoms with van der Waals surface area (Å²) in [6.45, 7) is 2.05. The first-order valence-electron chi connectivity index (χ1n) is 3.23. The second-order valence-corrected chi connectivity index (χ2v) is 2.94. The van der Waals surface area contributed by atoms with Crippen molar-refractivity contribution in [3.05, 3.63) is 28.2 Å². The molecule has 0 bridgehead atoms. The van der Waals surface area contributed by atoms with Crippen LogP contribution in [0.1, 0.15) is 5.56 Å². The maximum atomic E-state index is 7.00. The lowest BCUT2D eigenvalue weighted by Gasteiger charge is -1.94. The summed E-state index contributed by atoms with van der Waals surface area (Å²) >= 11 is 3.40. The van der Waals surface area contributed by atoms with Crippen LogP contribution in [0.5, 0.6) is 0 Å². The summed E-state index contributed by atoms with van der Waals surface area (Å²) in [5.41, 5.74) is 6.11. The fourth-order valence-corrected chi connectivity index (χ4v) is 0.953. The van der Waals surface area contributed by atoms with Gasteiger partial charge in [0.1, 0.15) is 5.69 Å². The topological polar surface area (TPSA) is 47.9 Å². The summed E-state index contributed by atoms with van der Waals surface area (Å²) in [7, 11) is 1.00. The van der Waals surface area contributed by atoms with Gasteiger partial charge in [0.05, 0.1) is 0 Å². The van der Waals surface area contributed by atoms with Crippen molar-refractivity contribution in [2.24, 2.45) is 0 Å². The zero-order valence-corrected chi connectivity index (χ0v) is 8.35. The van der Waals surface area contributed by atoms with Crippen molar-refractivity contribution in [2.75, 3.05) is 7.11 Å². The first-order valence-corrected chi connectivity index (χ1v) is 4.02. The Morgan fingerprint density at radius 2 is 1.91 bits per heavy atom. The third-order valence-electron chi connectivity index (χ3n) is 1.22. The smallest absolute Gasteiger partial charge is 0.128 e. The van der Waals surface area contributed by atoms with Crippen LogP contribution in [0.25, 0.3) is 0 Å². The third-order valence-corrected chi connectivity index (χ3v) is 2.11. The molecule has 0 saturated heterocycles. The second kappa shape index (κ2) is 5.29. The molecule has 1 aromatic rings. The quantitative estimate of drug-likeness (QED) is 0.677. The molecule has 0 unspecified atom stereocenters. The molecule has 0 aliphatic heterocycles. The zero-order chi connectivity index (χ0) is 8.85. The van der Waals surface area contributed by atoms with Crippen molar-refractivity contribution >= 4 is 21.6 Å². The number of rotatable bonds is 0. The van der Waals surface area contributed by atoms with Crippen molar-refractivity contribution in [1.29, 1.82) is 0 Å². The summed E-state index contributed by atoms with van der Waals surface area (Å²) in [6, 6.07) is 6.04. The third kappa shape index (κ3) is 3.51. The van der Waals surface area contributed by atoms with E-state index in [2.05, 4.69) is 28.6 Å². The Kier molecular flexibility index (Phi) is 5.11. The van der Waals surface area contributed by atoms with E-state index in [4.69, 9.17) is 5.11 Å². The van der Waals surface area contributed by atoms with Crippen molar-refractivity contribution in [3.63, 3.8) is 0 Å². The standard InChI is InChI=1S/C7H8BrN.CH4O/c1-5-4-6(9)2-3-7(5)8;1-2/h2-4H,9H2,1H3;2H,1H3/p+1. The van der Waals surface area contributed by atoms with E-state index in [-0.39, 0.29) is 0 Å². The fraction of sp³-hybridized carbons (Fsp3) is 0.250. The molecular weight excluding hydrogens is 206 g/mol. The van der Waals surface area contributed by atoms with E-state index in [0.717, 1.165) is 17.3 Å². The molecule has 0 heterocycles. The Morgan fingerprint density at radius 3 is 2.27 bits per heavy atom. The number of benzene rings is 1. The van der Waals surface area contributed by atoms with Crippen LogP contribution in [0, 0.1) is 6.92 Å². The predicted octanol–water partition coefficient (Wildman–Crippen LogP) is 1.24. The summed E-state index contributed by atoms with van der Waals surface area (Å²) < 4.78 is 1.15. The summed E-state index contributed by atoms with van der Waals surface area (Å²) in [6.07, 6.45) is 0. The SMILES string of the molecule is CO.Cc1cc([NH3+])ccc1Br. The maximum absolute atomic E-state index is 7.00. The molecule has 0 radical (unpaired) electrons. The highest BCUT2D eigenvalue weighted by Gasteiger charge is 1.93. The van der Waals surface area contributed by atoms with Crippen LogP contribution >= 0.6 is 15.9 Å². The molecule has 0 fully saturated rings. The summed E-state index contributed by atoms with van der Waals surface area (Å²) in [5.74, 6) is 0. The molecule has 4 N–H and O–H groups in total. The van der Waals surface area contributed by atoms with Gasteiger partial charge in [0.25, 0.3) is 0 Å². The number of quaternary nitrogens is 1. The number of aryl methyl sites for hydroxylation is 1. The Labute approximate surface area is 75.2 Å². The first kappa shape index (κ1) is 10.6. The summed E-state index contributed by atoms with van der Waals surface area (Å²) in [5, 5.41) is 7.00. The summed E-state index contributed by atoms with van der Waals surface area (Å²) in [4.78, 5) is 0. The van der Waals surface area contributed by atoms with Gasteiger partial charge in [-0.25, -0.2) is 0 Å². The minimum atomic E-state index is 1.00. The number of aliphatic hydroxyl groups is 1. The van der Waals surface area contributed by atoms with E-state index in [1.54, 1.807) is 0 Å². The lowest BCUT2D eigenvalue weighted by molar-refractivity contribution is -0.254. The maximum Gasteiger partial charge on any atom is 0.128 e. The molecule has 0 saturated carbocycles. The van der Waals surface area contributed by atoms with Gasteiger partial charge in [0.15, 0.2) is 0 Å². The molecule has 0 atom stereocenters. The lowest BCUT2D eigenvalue weighted by atomic mass is 10.2. The first-order chi connectivity index (χ1) is 5.20. The molecule has 2 nitrogen and oxygen atoms in total. The van der Waals surface area contributed by atoms with Crippen LogP contribution in [0.4, 0.5) is 5.69 Å². The average Bonchev–Trinajstić information content (AvgIpc) is 2.02. The Hall–Kier alpha value is -0.380. The number of hydrogen-bond acceptors (Lipinski definition) is 1. The van der Waals surface area contributed by atoms with Gasteiger partial charge in [-0.1, -0.05) is 15.9 Å². The van der Waals surface area contributed by atoms with Gasteiger partial charge in [-0.15, -0.1) is 0 Å². The number of aliphatic hydroxyl groups excluding tert-OH is 1. The largest absolute Gasteiger partial charge is 0.400 e. The van der Waals surface area contributed by atoms with Crippen LogP contribution < -0.4 is 5.73 Å². The normalized spacial score (nSPS) is 8.45. The van der Waals surface area contributed by atoms with Crippen LogP contribution in [0.15, 0.2) is 22.7 Å². The molecule has 3 heteroatoms. The van der Waals surface area contributed by atoms with Gasteiger partial charge >= 0.3 is 0 Å². The van der Waals surface area contributed by atoms with Gasteiger partial charge in [0, 0.05) is 23.7 Å². The van der Waals surface area contributed by atoms with E-state index in [0.29, 0.717) is 0 Å². The van der Waals surface area contributed by atoms with E-state index >= 15 is 0 Å². The van der Waals surface area contributed by atoms with E-state index in [1.165, 1.54) is 5.56 Å². The van der Waals surface area contributed by atoms with Crippen molar-refractivity contribution in [2.45, 2.75) is 6.92 Å². The van der Waals surface area contributed by atoms with Gasteiger partial charge in [0.2, 0.25) is 0 Å². The van der Waals surface area contributed by atoms with Crippen LogP contribution in [-0.2, 0) is 0 Å². The molecule has 0 aromatic heterocycles. The Morgan fingerprint density at radius 1 is 1.36 bits per heavy atom. The average molecular weight is 219 g/mol. The van der Waals surface area contributed by atoms with Crippen LogP contribution in [-0.4, -0.2) is 12.2 Å². The van der Waals surface area contributed by atoms with E-state index < -0.39 is 0 Å². The number of hydrogen-bond donors (Lipinski definition) is 2. The highest BCUT2D eigenvalue weighted by molar-refractivity contribution is 9.10. The zero-order valence-electron chi connectivity index (χ0n) is 6.76. The molecule has 0 spiro atoms. The van der Waals surface area contributed by atoms with Crippen LogP contribution in [0.3, 0.4) is 0 Å². The Bertz CT molecular complexity index is 225. The predicted molar refractivity (Wildman–Crippen MR) is 49.6 cm³/mol. The monoisotopic (exact) mass is 218 g/mol. The van der Waals surface area contributed by atoms with Gasteiger partial charge in [-0.3, -0.25) is 0 Å². The van der Waals surface area contributed by atoms with Crippen molar-refractivity contribution in [1.82, 2.24) is 0 Å². The number of halogens is 1. The van der Waals surface area contributed by atoms with Crippen molar-refractivity contribution in [3.8, 4) is 0 Å². The van der Waals surface area contributed by atoms with Gasteiger partial charge < -0.3 is 10.8 Å². The molecule has 0 amide bonds. The Balaban J connectivity index is 0.000000461. The highest BCUT2D eigenvalue weighted by Crippen LogP contribution is 2.16. The van der Waals surface area contributed by atoms with Gasteiger partial charge in [-0.2, -0.15) is 0 Å². The molecule has 62 valence electrons. The molecule has 0 aliphatic rings. The highest BCUT2D eigenvalue weighted by atomic mass is 79.9.